The van der Waals surface area contributed by atoms with Crippen LogP contribution in [0.25, 0.3) is 0 Å². The van der Waals surface area contributed by atoms with Gasteiger partial charge in [-0.15, -0.1) is 11.3 Å². The molecule has 1 saturated heterocycles. The summed E-state index contributed by atoms with van der Waals surface area (Å²) in [4.78, 5) is 147. The molecule has 2 aromatic rings. The maximum atomic E-state index is 14.6. The minimum atomic E-state index is -1.69. The Morgan fingerprint density at radius 3 is 1.73 bits per heavy atom. The maximum Gasteiger partial charge on any atom is 0.255 e. The third-order valence-corrected chi connectivity index (χ3v) is 15.3. The van der Waals surface area contributed by atoms with Crippen LogP contribution in [0.4, 0.5) is 4.39 Å². The van der Waals surface area contributed by atoms with E-state index < -0.39 is 100 Å². The molecule has 0 unspecified atom stereocenters. The van der Waals surface area contributed by atoms with Crippen LogP contribution in [0.15, 0.2) is 35.8 Å². The van der Waals surface area contributed by atoms with Gasteiger partial charge in [0.15, 0.2) is 0 Å². The first kappa shape index (κ1) is 67.9. The molecule has 82 heavy (non-hydrogen) atoms. The van der Waals surface area contributed by atoms with Gasteiger partial charge in [-0.3, -0.25) is 47.9 Å². The Morgan fingerprint density at radius 1 is 0.720 bits per heavy atom. The number of carbonyl (C=O) groups is 10. The van der Waals surface area contributed by atoms with Crippen molar-refractivity contribution >= 4 is 70.9 Å². The van der Waals surface area contributed by atoms with Gasteiger partial charge in [0.25, 0.3) is 5.91 Å². The Bertz CT molecular complexity index is 2550. The van der Waals surface area contributed by atoms with E-state index in [4.69, 9.17) is 0 Å². The van der Waals surface area contributed by atoms with E-state index in [0.717, 1.165) is 19.3 Å². The van der Waals surface area contributed by atoms with Gasteiger partial charge in [0.1, 0.15) is 52.8 Å². The summed E-state index contributed by atoms with van der Waals surface area (Å²) in [7, 11) is 3.90. The first-order valence-corrected chi connectivity index (χ1v) is 29.4. The Balaban J connectivity index is 1.44. The van der Waals surface area contributed by atoms with Crippen molar-refractivity contribution in [2.24, 2.45) is 17.8 Å². The fourth-order valence-electron chi connectivity index (χ4n) is 10.0. The topological polar surface area (TPSA) is 290 Å². The molecule has 22 nitrogen and oxygen atoms in total. The molecule has 456 valence electrons. The Morgan fingerprint density at radius 2 is 1.24 bits per heavy atom. The van der Waals surface area contributed by atoms with Gasteiger partial charge in [0.05, 0.1) is 10.5 Å². The molecular weight excluding hydrogens is 1080 g/mol. The van der Waals surface area contributed by atoms with Crippen LogP contribution in [0.3, 0.4) is 0 Å². The summed E-state index contributed by atoms with van der Waals surface area (Å²) in [5.41, 5.74) is -4.82. The van der Waals surface area contributed by atoms with Gasteiger partial charge in [-0.05, 0) is 149 Å². The summed E-state index contributed by atoms with van der Waals surface area (Å²) in [6.07, 6.45) is 5.22. The molecule has 2 heterocycles. The van der Waals surface area contributed by atoms with Crippen LogP contribution in [0.5, 0.6) is 0 Å². The minimum absolute atomic E-state index is 0.0380. The summed E-state index contributed by atoms with van der Waals surface area (Å²) in [5, 5.41) is 24.6. The molecule has 1 aliphatic carbocycles. The van der Waals surface area contributed by atoms with Crippen molar-refractivity contribution in [3.8, 4) is 0 Å². The smallest absolute Gasteiger partial charge is 0.255 e. The van der Waals surface area contributed by atoms with Crippen molar-refractivity contribution in [1.82, 2.24) is 62.2 Å². The highest BCUT2D eigenvalue weighted by molar-refractivity contribution is 7.09. The normalized spacial score (nSPS) is 16.7. The number of hydrogen-bond acceptors (Lipinski definition) is 13. The third-order valence-electron chi connectivity index (χ3n) is 14.5. The highest BCUT2D eigenvalue weighted by Crippen LogP contribution is 2.32. The van der Waals surface area contributed by atoms with Gasteiger partial charge in [-0.1, -0.05) is 41.5 Å². The summed E-state index contributed by atoms with van der Waals surface area (Å²) in [6, 6.07) is 0.179. The number of nitrogens with zero attached hydrogens (tertiary/aromatic N) is 4. The monoisotopic (exact) mass is 1170 g/mol. The highest BCUT2D eigenvalue weighted by atomic mass is 32.1. The number of benzene rings is 1. The molecular formula is C58H91FN12O10S. The predicted octanol–water partition coefficient (Wildman–Crippen LogP) is 3.30. The second-order valence-corrected chi connectivity index (χ2v) is 26.1. The lowest BCUT2D eigenvalue weighted by atomic mass is 9.76. The second-order valence-electron chi connectivity index (χ2n) is 25.1. The van der Waals surface area contributed by atoms with Gasteiger partial charge in [0, 0.05) is 49.6 Å². The predicted molar refractivity (Wildman–Crippen MR) is 310 cm³/mol. The fraction of sp³-hybridized carbons (Fsp3) is 0.672. The van der Waals surface area contributed by atoms with Gasteiger partial charge < -0.3 is 57.2 Å². The number of likely N-dealkylation sites (tertiary alicyclic amines) is 1. The molecule has 0 spiro atoms. The van der Waals surface area contributed by atoms with Crippen LogP contribution < -0.4 is 42.5 Å². The van der Waals surface area contributed by atoms with Gasteiger partial charge in [-0.2, -0.15) is 0 Å². The Labute approximate surface area is 487 Å². The summed E-state index contributed by atoms with van der Waals surface area (Å²) in [5.74, 6) is -6.41. The number of carbonyl (C=O) groups excluding carboxylic acids is 10. The highest BCUT2D eigenvalue weighted by Gasteiger charge is 2.44. The summed E-state index contributed by atoms with van der Waals surface area (Å²) >= 11 is 1.26. The van der Waals surface area contributed by atoms with Gasteiger partial charge in [-0.25, -0.2) is 9.37 Å². The van der Waals surface area contributed by atoms with Crippen molar-refractivity contribution in [1.29, 1.82) is 0 Å². The standard InChI is InChI=1S/C58H91FN12O10S/c1-35(2)29-40(47(74)62-41(30-36(3)4)48(75)67-57(11,12)54(81)68-55(7,8)52(79)61-25-22-44(73)65-58(23-16-24-58)33-69(13)14)64-53(80)56(9,10)66-49(76)42(31-37(5)6)63-50(77)43(32-45-60-26-28-82-45)71(34-72)46-17-15-27-70(46)51(78)38-18-20-39(59)21-19-38/h18-21,26,28,34-37,40-43,46H,15-17,22-25,27,29-33H2,1-14H3,(H,61,79)(H,62,74)(H,63,77)(H,64,80)(H,65,73)(H,66,76)(H,67,75)(H,68,81)/t40-,41-,42-,43-,46+/m0/s1. The van der Waals surface area contributed by atoms with Crippen LogP contribution in [-0.2, 0) is 49.6 Å². The molecule has 2 fully saturated rings. The molecule has 5 atom stereocenters. The van der Waals surface area contributed by atoms with Crippen molar-refractivity contribution in [3.63, 3.8) is 0 Å². The van der Waals surface area contributed by atoms with E-state index in [2.05, 4.69) is 47.5 Å². The van der Waals surface area contributed by atoms with E-state index in [1.165, 1.54) is 86.9 Å². The molecule has 1 aromatic carbocycles. The molecule has 1 aliphatic heterocycles. The number of likely N-dealkylation sites (N-methyl/N-ethyl adjacent to an activating group) is 1. The number of nitrogens with one attached hydrogen (secondary N) is 8. The number of hydrogen-bond donors (Lipinski definition) is 8. The van der Waals surface area contributed by atoms with E-state index in [9.17, 15) is 52.3 Å². The number of thiazole rings is 1. The van der Waals surface area contributed by atoms with E-state index in [1.54, 1.807) is 11.6 Å². The molecule has 1 saturated carbocycles. The Hall–Kier alpha value is -6.56. The third kappa shape index (κ3) is 19.8. The van der Waals surface area contributed by atoms with E-state index >= 15 is 0 Å². The van der Waals surface area contributed by atoms with Crippen LogP contribution in [0.1, 0.15) is 156 Å². The zero-order valence-electron chi connectivity index (χ0n) is 50.5. The van der Waals surface area contributed by atoms with E-state index in [0.29, 0.717) is 30.8 Å². The van der Waals surface area contributed by atoms with Crippen LogP contribution in [-0.4, -0.2) is 165 Å². The summed E-state index contributed by atoms with van der Waals surface area (Å²) in [6.45, 7) is 20.9. The molecule has 1 aromatic heterocycles. The average Bonchev–Trinajstić information content (AvgIpc) is 4.08. The van der Waals surface area contributed by atoms with Crippen LogP contribution >= 0.6 is 11.3 Å². The number of rotatable bonds is 31. The first-order valence-electron chi connectivity index (χ1n) is 28.5. The molecule has 8 N–H and O–H groups in total. The lowest BCUT2D eigenvalue weighted by molar-refractivity contribution is -0.140. The van der Waals surface area contributed by atoms with Crippen LogP contribution in [0.2, 0.25) is 0 Å². The number of aromatic nitrogens is 1. The lowest BCUT2D eigenvalue weighted by Gasteiger charge is -2.44. The average molecular weight is 1170 g/mol. The van der Waals surface area contributed by atoms with E-state index in [-0.39, 0.29) is 80.0 Å². The van der Waals surface area contributed by atoms with Crippen molar-refractivity contribution < 1.29 is 52.3 Å². The summed E-state index contributed by atoms with van der Waals surface area (Å²) < 4.78 is 13.8. The molecule has 2 aliphatic rings. The van der Waals surface area contributed by atoms with Crippen molar-refractivity contribution in [2.75, 3.05) is 33.7 Å². The maximum absolute atomic E-state index is 14.6. The molecule has 4 rings (SSSR count). The zero-order valence-corrected chi connectivity index (χ0v) is 51.3. The zero-order chi connectivity index (χ0) is 61.5. The fourth-order valence-corrected chi connectivity index (χ4v) is 10.7. The lowest BCUT2D eigenvalue weighted by Crippen LogP contribution is -2.65. The largest absolute Gasteiger partial charge is 0.354 e. The van der Waals surface area contributed by atoms with Gasteiger partial charge in [0.2, 0.25) is 53.7 Å². The molecule has 24 heteroatoms. The van der Waals surface area contributed by atoms with Crippen molar-refractivity contribution in [3.05, 3.63) is 52.2 Å². The van der Waals surface area contributed by atoms with E-state index in [1.807, 2.05) is 60.5 Å². The number of halogens is 1. The minimum Gasteiger partial charge on any atom is -0.354 e. The van der Waals surface area contributed by atoms with Crippen LogP contribution in [0, 0.1) is 23.6 Å². The molecule has 0 bridgehead atoms. The Kier molecular flexibility index (Phi) is 24.5. The second kappa shape index (κ2) is 29.6. The van der Waals surface area contributed by atoms with Gasteiger partial charge >= 0.3 is 0 Å². The number of amides is 10. The quantitative estimate of drug-likeness (QED) is 0.0505. The van der Waals surface area contributed by atoms with Crippen molar-refractivity contribution in [2.45, 2.75) is 200 Å². The molecule has 0 radical (unpaired) electrons. The molecule has 10 amide bonds. The SMILES string of the molecule is CC(C)C[C@H](NC(=O)[C@H](CC(C)C)NC(=O)C(C)(C)NC(=O)[C@H](CC(C)C)NC(=O)[C@H](Cc1nccs1)N(C=O)[C@@H]1CCCN1C(=O)c1ccc(F)cc1)C(=O)NC(C)(C)C(=O)NC(C)(C)C(=O)NCCC(=O)NC1(CN(C)C)CCC1. The first-order chi connectivity index (χ1) is 38.2.